The second-order valence-corrected chi connectivity index (χ2v) is 3.23. The van der Waals surface area contributed by atoms with E-state index in [1.807, 2.05) is 43.3 Å². The lowest BCUT2D eigenvalue weighted by Gasteiger charge is -1.88. The molecule has 2 aromatic rings. The summed E-state index contributed by atoms with van der Waals surface area (Å²) in [4.78, 5) is 10.2. The van der Waals surface area contributed by atoms with Crippen LogP contribution in [-0.2, 0) is 0 Å². The molecule has 0 fully saturated rings. The van der Waals surface area contributed by atoms with Crippen molar-refractivity contribution >= 4 is 5.97 Å². The van der Waals surface area contributed by atoms with Crippen LogP contribution >= 0.6 is 0 Å². The van der Waals surface area contributed by atoms with Crippen LogP contribution in [0.3, 0.4) is 0 Å². The van der Waals surface area contributed by atoms with Gasteiger partial charge in [0.15, 0.2) is 0 Å². The summed E-state index contributed by atoms with van der Waals surface area (Å²) in [6.07, 6.45) is 1.75. The van der Waals surface area contributed by atoms with Gasteiger partial charge < -0.3 is 5.11 Å². The Balaban J connectivity index is 0.000000278. The smallest absolute Gasteiger partial charge is 0.335 e. The molecule has 0 spiro atoms. The Hall–Kier alpha value is -2.35. The van der Waals surface area contributed by atoms with Crippen molar-refractivity contribution in [3.05, 3.63) is 84.9 Å². The summed E-state index contributed by atoms with van der Waals surface area (Å²) in [6.45, 7) is 5.25. The maximum absolute atomic E-state index is 10.2. The number of allylic oxidation sites excluding steroid dienone is 1. The van der Waals surface area contributed by atoms with Crippen LogP contribution in [0.25, 0.3) is 0 Å². The Morgan fingerprint density at radius 2 is 1.22 bits per heavy atom. The summed E-state index contributed by atoms with van der Waals surface area (Å²) in [5, 5.41) is 8.38. The molecular weight excluding hydrogens is 224 g/mol. The number of hydrogen-bond acceptors (Lipinski definition) is 1. The van der Waals surface area contributed by atoms with Crippen molar-refractivity contribution in [2.45, 2.75) is 6.92 Å². The molecule has 0 saturated heterocycles. The fourth-order valence-electron chi connectivity index (χ4n) is 0.966. The molecule has 0 amide bonds. The summed E-state index contributed by atoms with van der Waals surface area (Å²) >= 11 is 0. The quantitative estimate of drug-likeness (QED) is 0.758. The first-order chi connectivity index (χ1) is 8.72. The SMILES string of the molecule is C=CC.O=C(O)c1ccccc1.c1ccccc1. The highest BCUT2D eigenvalue weighted by Gasteiger charge is 1.96. The molecule has 1 N–H and O–H groups in total. The van der Waals surface area contributed by atoms with E-state index in [4.69, 9.17) is 5.11 Å². The van der Waals surface area contributed by atoms with E-state index in [-0.39, 0.29) is 0 Å². The van der Waals surface area contributed by atoms with Crippen LogP contribution in [0, 0.1) is 0 Å². The molecule has 0 aliphatic heterocycles. The molecule has 0 heterocycles. The van der Waals surface area contributed by atoms with Crippen LogP contribution < -0.4 is 0 Å². The molecule has 0 bridgehead atoms. The lowest BCUT2D eigenvalue weighted by atomic mass is 10.2. The Kier molecular flexibility index (Phi) is 9.69. The molecule has 18 heavy (non-hydrogen) atoms. The Morgan fingerprint density at radius 3 is 1.44 bits per heavy atom. The summed E-state index contributed by atoms with van der Waals surface area (Å²) in [5.41, 5.74) is 0.331. The Labute approximate surface area is 108 Å². The lowest BCUT2D eigenvalue weighted by Crippen LogP contribution is -1.93. The van der Waals surface area contributed by atoms with E-state index in [0.717, 1.165) is 0 Å². The number of aromatic carboxylic acids is 1. The third kappa shape index (κ3) is 8.92. The summed E-state index contributed by atoms with van der Waals surface area (Å²) in [6, 6.07) is 20.3. The van der Waals surface area contributed by atoms with Crippen molar-refractivity contribution in [2.75, 3.05) is 0 Å². The molecule has 2 heteroatoms. The van der Waals surface area contributed by atoms with E-state index in [9.17, 15) is 4.79 Å². The van der Waals surface area contributed by atoms with Crippen LogP contribution in [0.2, 0.25) is 0 Å². The molecule has 0 aliphatic carbocycles. The zero-order valence-electron chi connectivity index (χ0n) is 10.5. The van der Waals surface area contributed by atoms with Crippen LogP contribution in [0.5, 0.6) is 0 Å². The zero-order chi connectivity index (χ0) is 13.6. The van der Waals surface area contributed by atoms with E-state index in [0.29, 0.717) is 5.56 Å². The van der Waals surface area contributed by atoms with Crippen molar-refractivity contribution in [3.8, 4) is 0 Å². The monoisotopic (exact) mass is 242 g/mol. The van der Waals surface area contributed by atoms with Crippen molar-refractivity contribution in [1.29, 1.82) is 0 Å². The van der Waals surface area contributed by atoms with Gasteiger partial charge in [0.2, 0.25) is 0 Å². The zero-order valence-corrected chi connectivity index (χ0v) is 10.5. The summed E-state index contributed by atoms with van der Waals surface area (Å²) < 4.78 is 0. The molecule has 94 valence electrons. The van der Waals surface area contributed by atoms with Gasteiger partial charge in [0.1, 0.15) is 0 Å². The topological polar surface area (TPSA) is 37.3 Å². The average molecular weight is 242 g/mol. The first-order valence-electron chi connectivity index (χ1n) is 5.57. The van der Waals surface area contributed by atoms with Gasteiger partial charge in [0.05, 0.1) is 5.56 Å². The third-order valence-corrected chi connectivity index (χ3v) is 1.69. The predicted octanol–water partition coefficient (Wildman–Crippen LogP) is 4.26. The molecule has 0 aliphatic rings. The standard InChI is InChI=1S/C7H6O2.C6H6.C3H6/c8-7(9)6-4-2-1-3-5-6;1-2-4-6-5-3-1;1-3-2/h1-5H,(H,8,9);1-6H;3H,1H2,2H3. The number of carboxylic acids is 1. The third-order valence-electron chi connectivity index (χ3n) is 1.69. The summed E-state index contributed by atoms with van der Waals surface area (Å²) in [7, 11) is 0. The lowest BCUT2D eigenvalue weighted by molar-refractivity contribution is 0.0697. The molecule has 0 unspecified atom stereocenters. The van der Waals surface area contributed by atoms with Crippen LogP contribution in [0.4, 0.5) is 0 Å². The molecule has 0 atom stereocenters. The first kappa shape index (κ1) is 15.7. The molecule has 2 aromatic carbocycles. The first-order valence-corrected chi connectivity index (χ1v) is 5.57. The van der Waals surface area contributed by atoms with Crippen molar-refractivity contribution in [2.24, 2.45) is 0 Å². The largest absolute Gasteiger partial charge is 0.478 e. The second-order valence-electron chi connectivity index (χ2n) is 3.23. The van der Waals surface area contributed by atoms with Gasteiger partial charge in [-0.1, -0.05) is 60.7 Å². The van der Waals surface area contributed by atoms with Crippen LogP contribution in [0.15, 0.2) is 79.4 Å². The van der Waals surface area contributed by atoms with Gasteiger partial charge in [-0.05, 0) is 19.1 Å². The highest BCUT2D eigenvalue weighted by Crippen LogP contribution is 1.96. The highest BCUT2D eigenvalue weighted by atomic mass is 16.4. The van der Waals surface area contributed by atoms with Crippen molar-refractivity contribution < 1.29 is 9.90 Å². The minimum absolute atomic E-state index is 0.331. The number of benzene rings is 2. The molecule has 0 aromatic heterocycles. The van der Waals surface area contributed by atoms with Gasteiger partial charge >= 0.3 is 5.97 Å². The van der Waals surface area contributed by atoms with Crippen molar-refractivity contribution in [1.82, 2.24) is 0 Å². The molecule has 0 saturated carbocycles. The van der Waals surface area contributed by atoms with Gasteiger partial charge in [-0.25, -0.2) is 4.79 Å². The van der Waals surface area contributed by atoms with Gasteiger partial charge in [0, 0.05) is 0 Å². The molecule has 0 radical (unpaired) electrons. The van der Waals surface area contributed by atoms with Crippen LogP contribution in [-0.4, -0.2) is 11.1 Å². The average Bonchev–Trinajstić information content (AvgIpc) is 2.43. The highest BCUT2D eigenvalue weighted by molar-refractivity contribution is 5.87. The van der Waals surface area contributed by atoms with E-state index in [2.05, 4.69) is 6.58 Å². The second kappa shape index (κ2) is 11.1. The molecule has 2 rings (SSSR count). The van der Waals surface area contributed by atoms with Crippen molar-refractivity contribution in [3.63, 3.8) is 0 Å². The fraction of sp³-hybridized carbons (Fsp3) is 0.0625. The Bertz CT molecular complexity index is 395. The van der Waals surface area contributed by atoms with Gasteiger partial charge in [0.25, 0.3) is 0 Å². The summed E-state index contributed by atoms with van der Waals surface area (Å²) in [5.74, 6) is -0.879. The maximum Gasteiger partial charge on any atom is 0.335 e. The number of carbonyl (C=O) groups is 1. The van der Waals surface area contributed by atoms with Gasteiger partial charge in [-0.15, -0.1) is 6.58 Å². The molecular formula is C16H18O2. The predicted molar refractivity (Wildman–Crippen MR) is 75.7 cm³/mol. The van der Waals surface area contributed by atoms with E-state index < -0.39 is 5.97 Å². The number of rotatable bonds is 1. The minimum Gasteiger partial charge on any atom is -0.478 e. The molecule has 2 nitrogen and oxygen atoms in total. The minimum atomic E-state index is -0.879. The van der Waals surface area contributed by atoms with E-state index >= 15 is 0 Å². The Morgan fingerprint density at radius 1 is 0.944 bits per heavy atom. The number of hydrogen-bond donors (Lipinski definition) is 1. The normalized spacial score (nSPS) is 7.83. The van der Waals surface area contributed by atoms with Crippen LogP contribution in [0.1, 0.15) is 17.3 Å². The van der Waals surface area contributed by atoms with Gasteiger partial charge in [-0.2, -0.15) is 0 Å². The number of carboxylic acid groups (broad SMARTS) is 1. The van der Waals surface area contributed by atoms with E-state index in [1.54, 1.807) is 36.4 Å². The van der Waals surface area contributed by atoms with E-state index in [1.165, 1.54) is 0 Å². The fourth-order valence-corrected chi connectivity index (χ4v) is 0.966. The van der Waals surface area contributed by atoms with Gasteiger partial charge in [-0.3, -0.25) is 0 Å². The maximum atomic E-state index is 10.2.